The summed E-state index contributed by atoms with van der Waals surface area (Å²) in [5.74, 6) is 5.55. The van der Waals surface area contributed by atoms with Crippen LogP contribution in [-0.4, -0.2) is 72.4 Å². The van der Waals surface area contributed by atoms with Crippen molar-refractivity contribution in [1.29, 1.82) is 0 Å². The van der Waals surface area contributed by atoms with Crippen LogP contribution in [-0.2, 0) is 4.74 Å². The van der Waals surface area contributed by atoms with Gasteiger partial charge in [0.15, 0.2) is 0 Å². The Hall–Kier alpha value is -2.48. The molecule has 1 saturated carbocycles. The number of piperazine rings is 1. The van der Waals surface area contributed by atoms with E-state index in [1.54, 1.807) is 0 Å². The van der Waals surface area contributed by atoms with E-state index in [0.717, 1.165) is 87.3 Å². The van der Waals surface area contributed by atoms with E-state index >= 15 is 0 Å². The first-order valence-corrected chi connectivity index (χ1v) is 10.7. The Morgan fingerprint density at radius 3 is 1.86 bits per heavy atom. The summed E-state index contributed by atoms with van der Waals surface area (Å²) in [4.78, 5) is 25.9. The van der Waals surface area contributed by atoms with Gasteiger partial charge in [-0.1, -0.05) is 0 Å². The van der Waals surface area contributed by atoms with Crippen LogP contribution in [0.2, 0.25) is 0 Å². The molecule has 0 amide bonds. The molecule has 8 heteroatoms. The Balaban J connectivity index is 1.29. The number of hydrogen-bond donors (Lipinski definition) is 0. The summed E-state index contributed by atoms with van der Waals surface area (Å²) in [6, 6.07) is 4.25. The van der Waals surface area contributed by atoms with Crippen molar-refractivity contribution < 1.29 is 4.74 Å². The molecule has 2 aromatic rings. The molecule has 3 aliphatic rings. The van der Waals surface area contributed by atoms with Crippen LogP contribution in [0.25, 0.3) is 0 Å². The van der Waals surface area contributed by atoms with E-state index in [-0.39, 0.29) is 0 Å². The lowest BCUT2D eigenvalue weighted by Crippen LogP contribution is -2.47. The molecule has 0 unspecified atom stereocenters. The van der Waals surface area contributed by atoms with Crippen molar-refractivity contribution in [2.24, 2.45) is 0 Å². The van der Waals surface area contributed by atoms with Gasteiger partial charge in [0.1, 0.15) is 29.1 Å². The topological polar surface area (TPSA) is 70.5 Å². The quantitative estimate of drug-likeness (QED) is 0.778. The fraction of sp³-hybridized carbons (Fsp3) is 0.619. The highest BCUT2D eigenvalue weighted by Crippen LogP contribution is 2.38. The van der Waals surface area contributed by atoms with Crippen molar-refractivity contribution in [1.82, 2.24) is 19.9 Å². The Morgan fingerprint density at radius 2 is 1.28 bits per heavy atom. The van der Waals surface area contributed by atoms with E-state index in [9.17, 15) is 0 Å². The van der Waals surface area contributed by atoms with Gasteiger partial charge in [-0.2, -0.15) is 0 Å². The third-order valence-corrected chi connectivity index (χ3v) is 5.87. The summed E-state index contributed by atoms with van der Waals surface area (Å²) in [7, 11) is 0. The van der Waals surface area contributed by atoms with Gasteiger partial charge in [0, 0.05) is 63.0 Å². The number of anilines is 3. The summed E-state index contributed by atoms with van der Waals surface area (Å²) < 4.78 is 5.48. The average Bonchev–Trinajstić information content (AvgIpc) is 3.59. The molecule has 2 aromatic heterocycles. The lowest BCUT2D eigenvalue weighted by atomic mass is 10.2. The number of aryl methyl sites for hydroxylation is 2. The van der Waals surface area contributed by atoms with Gasteiger partial charge < -0.3 is 19.4 Å². The number of hydrogen-bond acceptors (Lipinski definition) is 8. The summed E-state index contributed by atoms with van der Waals surface area (Å²) in [5.41, 5.74) is 1.07. The predicted molar refractivity (Wildman–Crippen MR) is 113 cm³/mol. The first kappa shape index (κ1) is 18.5. The zero-order chi connectivity index (χ0) is 19.8. The number of rotatable bonds is 4. The highest BCUT2D eigenvalue weighted by atomic mass is 16.5. The average molecular weight is 396 g/mol. The van der Waals surface area contributed by atoms with Gasteiger partial charge in [-0.15, -0.1) is 0 Å². The van der Waals surface area contributed by atoms with Crippen LogP contribution in [0.4, 0.5) is 17.5 Å². The molecule has 5 rings (SSSR count). The number of morpholine rings is 1. The molecule has 4 heterocycles. The summed E-state index contributed by atoms with van der Waals surface area (Å²) in [6.45, 7) is 11.1. The second-order valence-electron chi connectivity index (χ2n) is 8.21. The summed E-state index contributed by atoms with van der Waals surface area (Å²) in [6.07, 6.45) is 2.46. The molecular weight excluding hydrogens is 366 g/mol. The predicted octanol–water partition coefficient (Wildman–Crippen LogP) is 1.92. The van der Waals surface area contributed by atoms with Crippen LogP contribution in [0.5, 0.6) is 0 Å². The molecule has 0 atom stereocenters. The van der Waals surface area contributed by atoms with Crippen LogP contribution in [0.1, 0.15) is 36.1 Å². The van der Waals surface area contributed by atoms with Gasteiger partial charge in [0.25, 0.3) is 0 Å². The third-order valence-electron chi connectivity index (χ3n) is 5.87. The first-order valence-electron chi connectivity index (χ1n) is 10.7. The minimum Gasteiger partial charge on any atom is -0.378 e. The smallest absolute Gasteiger partial charge is 0.134 e. The van der Waals surface area contributed by atoms with Crippen molar-refractivity contribution >= 4 is 17.5 Å². The molecule has 1 aliphatic carbocycles. The van der Waals surface area contributed by atoms with E-state index in [0.29, 0.717) is 5.92 Å². The Bertz CT molecular complexity index is 871. The molecular formula is C21H29N7O. The van der Waals surface area contributed by atoms with Gasteiger partial charge in [-0.3, -0.25) is 0 Å². The Morgan fingerprint density at radius 1 is 0.724 bits per heavy atom. The lowest BCUT2D eigenvalue weighted by Gasteiger charge is -2.37. The van der Waals surface area contributed by atoms with Crippen LogP contribution in [0, 0.1) is 13.8 Å². The third kappa shape index (κ3) is 4.12. The van der Waals surface area contributed by atoms with Gasteiger partial charge in [-0.05, 0) is 26.7 Å². The Labute approximate surface area is 171 Å². The largest absolute Gasteiger partial charge is 0.378 e. The molecule has 154 valence electrons. The van der Waals surface area contributed by atoms with Gasteiger partial charge >= 0.3 is 0 Å². The molecule has 0 spiro atoms. The maximum atomic E-state index is 5.48. The van der Waals surface area contributed by atoms with Gasteiger partial charge in [0.05, 0.1) is 13.2 Å². The molecule has 29 heavy (non-hydrogen) atoms. The van der Waals surface area contributed by atoms with Crippen molar-refractivity contribution in [3.05, 3.63) is 29.5 Å². The van der Waals surface area contributed by atoms with Crippen LogP contribution in [0.15, 0.2) is 12.1 Å². The fourth-order valence-corrected chi connectivity index (χ4v) is 4.08. The first-order chi connectivity index (χ1) is 14.2. The van der Waals surface area contributed by atoms with E-state index in [1.807, 2.05) is 6.92 Å². The zero-order valence-electron chi connectivity index (χ0n) is 17.3. The minimum absolute atomic E-state index is 0.581. The van der Waals surface area contributed by atoms with E-state index in [1.165, 1.54) is 12.8 Å². The SMILES string of the molecule is Cc1cc(N2CCN(c3cc(N4CCOCC4)nc(C)n3)CC2)nc(C2CC2)n1. The second-order valence-corrected chi connectivity index (χ2v) is 8.21. The fourth-order valence-electron chi connectivity index (χ4n) is 4.08. The normalized spacial score (nSPS) is 20.3. The number of nitrogens with zero attached hydrogens (tertiary/aromatic N) is 7. The van der Waals surface area contributed by atoms with Crippen molar-refractivity contribution in [3.8, 4) is 0 Å². The van der Waals surface area contributed by atoms with Crippen LogP contribution < -0.4 is 14.7 Å². The molecule has 0 aromatic carbocycles. The van der Waals surface area contributed by atoms with Crippen LogP contribution in [0.3, 0.4) is 0 Å². The molecule has 3 fully saturated rings. The second kappa shape index (κ2) is 7.74. The van der Waals surface area contributed by atoms with E-state index < -0.39 is 0 Å². The highest BCUT2D eigenvalue weighted by molar-refractivity contribution is 5.53. The van der Waals surface area contributed by atoms with E-state index in [2.05, 4.69) is 43.7 Å². The molecule has 0 bridgehead atoms. The van der Waals surface area contributed by atoms with Crippen LogP contribution >= 0.6 is 0 Å². The van der Waals surface area contributed by atoms with E-state index in [4.69, 9.17) is 14.7 Å². The van der Waals surface area contributed by atoms with Gasteiger partial charge in [-0.25, -0.2) is 19.9 Å². The molecule has 0 radical (unpaired) electrons. The molecule has 8 nitrogen and oxygen atoms in total. The minimum atomic E-state index is 0.581. The summed E-state index contributed by atoms with van der Waals surface area (Å²) in [5, 5.41) is 0. The zero-order valence-corrected chi connectivity index (χ0v) is 17.3. The molecule has 2 aliphatic heterocycles. The summed E-state index contributed by atoms with van der Waals surface area (Å²) >= 11 is 0. The maximum Gasteiger partial charge on any atom is 0.134 e. The Kier molecular flexibility index (Phi) is 4.95. The van der Waals surface area contributed by atoms with Crippen molar-refractivity contribution in [2.75, 3.05) is 67.2 Å². The van der Waals surface area contributed by atoms with Crippen molar-refractivity contribution in [2.45, 2.75) is 32.6 Å². The maximum absolute atomic E-state index is 5.48. The standard InChI is InChI=1S/C21H29N7O/c1-15-13-18(25-21(22-15)17-3-4-17)26-5-7-27(8-6-26)19-14-20(24-16(2)23-19)28-9-11-29-12-10-28/h13-14,17H,3-12H2,1-2H3. The number of ether oxygens (including phenoxy) is 1. The monoisotopic (exact) mass is 395 g/mol. The van der Waals surface area contributed by atoms with Gasteiger partial charge in [0.2, 0.25) is 0 Å². The highest BCUT2D eigenvalue weighted by Gasteiger charge is 2.28. The van der Waals surface area contributed by atoms with Crippen molar-refractivity contribution in [3.63, 3.8) is 0 Å². The molecule has 0 N–H and O–H groups in total. The lowest BCUT2D eigenvalue weighted by molar-refractivity contribution is 0.122. The number of aromatic nitrogens is 4. The molecule has 2 saturated heterocycles.